The number of amides is 3. The summed E-state index contributed by atoms with van der Waals surface area (Å²) in [6.07, 6.45) is 5.54. The van der Waals surface area contributed by atoms with Gasteiger partial charge in [0.25, 0.3) is 11.8 Å². The van der Waals surface area contributed by atoms with Gasteiger partial charge in [0.1, 0.15) is 5.78 Å². The van der Waals surface area contributed by atoms with Crippen LogP contribution in [-0.4, -0.2) is 147 Å². The monoisotopic (exact) mass is 632 g/mol. The summed E-state index contributed by atoms with van der Waals surface area (Å²) in [6.45, 7) is 9.79. The molecular weight excluding hydrogens is 580 g/mol. The Morgan fingerprint density at radius 3 is 1.34 bits per heavy atom. The second-order valence-electron chi connectivity index (χ2n) is 9.67. The number of nitrogens with one attached hydrogen (secondary N) is 1. The molecule has 14 nitrogen and oxygen atoms in total. The summed E-state index contributed by atoms with van der Waals surface area (Å²) in [5.74, 6) is -0.467. The lowest BCUT2D eigenvalue weighted by atomic mass is 10.2. The molecule has 0 saturated heterocycles. The fourth-order valence-electron chi connectivity index (χ4n) is 3.59. The van der Waals surface area contributed by atoms with Gasteiger partial charge in [0.2, 0.25) is 5.91 Å². The summed E-state index contributed by atoms with van der Waals surface area (Å²) in [6, 6.07) is 0. The van der Waals surface area contributed by atoms with Crippen molar-refractivity contribution in [2.24, 2.45) is 0 Å². The highest BCUT2D eigenvalue weighted by atomic mass is 16.6. The average Bonchev–Trinajstić information content (AvgIpc) is 3.32. The lowest BCUT2D eigenvalue weighted by Gasteiger charge is -2.13. The molecule has 1 N–H and O–H groups in total. The molecule has 0 unspecified atom stereocenters. The molecule has 1 rings (SSSR count). The van der Waals surface area contributed by atoms with Crippen LogP contribution >= 0.6 is 0 Å². The van der Waals surface area contributed by atoms with Crippen molar-refractivity contribution in [2.75, 3.05) is 119 Å². The van der Waals surface area contributed by atoms with Crippen LogP contribution in [0.15, 0.2) is 12.2 Å². The number of ketones is 1. The predicted octanol–water partition coefficient (Wildman–Crippen LogP) is 0.700. The van der Waals surface area contributed by atoms with Crippen LogP contribution in [-0.2, 0) is 57.1 Å². The topological polar surface area (TPSA) is 157 Å². The van der Waals surface area contributed by atoms with Crippen LogP contribution < -0.4 is 5.32 Å². The van der Waals surface area contributed by atoms with Crippen LogP contribution in [0.1, 0.15) is 39.0 Å². The van der Waals surface area contributed by atoms with Gasteiger partial charge in [0.05, 0.1) is 106 Å². The molecule has 1 heterocycles. The molecule has 0 atom stereocenters. The van der Waals surface area contributed by atoms with E-state index in [4.69, 9.17) is 37.9 Å². The fraction of sp³-hybridized carbons (Fsp3) is 0.800. The molecule has 0 aliphatic carbocycles. The molecule has 0 radical (unpaired) electrons. The molecule has 1 aliphatic rings. The summed E-state index contributed by atoms with van der Waals surface area (Å²) < 4.78 is 43.3. The summed E-state index contributed by atoms with van der Waals surface area (Å²) in [7, 11) is 0. The maximum absolute atomic E-state index is 11.8. The molecule has 0 saturated carbocycles. The van der Waals surface area contributed by atoms with E-state index < -0.39 is 0 Å². The molecule has 0 bridgehead atoms. The van der Waals surface area contributed by atoms with Gasteiger partial charge in [-0.1, -0.05) is 6.42 Å². The van der Waals surface area contributed by atoms with E-state index >= 15 is 0 Å². The van der Waals surface area contributed by atoms with Crippen LogP contribution in [0.25, 0.3) is 0 Å². The van der Waals surface area contributed by atoms with Crippen LogP contribution in [0.5, 0.6) is 0 Å². The van der Waals surface area contributed by atoms with Crippen LogP contribution in [0.2, 0.25) is 0 Å². The van der Waals surface area contributed by atoms with Crippen molar-refractivity contribution < 1.29 is 57.1 Å². The van der Waals surface area contributed by atoms with Crippen molar-refractivity contribution in [1.82, 2.24) is 10.2 Å². The summed E-state index contributed by atoms with van der Waals surface area (Å²) >= 11 is 0. The Bertz CT molecular complexity index is 778. The SMILES string of the molecule is CC(=O)CCOCCOCCOCCOCCOCCOCCOCCOCCNC(=O)CCCCCN1C(=O)C=CC1=O. The first kappa shape index (κ1) is 39.7. The number of carbonyl (C=O) groups excluding carboxylic acids is 4. The first-order valence-electron chi connectivity index (χ1n) is 15.4. The van der Waals surface area contributed by atoms with Crippen molar-refractivity contribution >= 4 is 23.5 Å². The van der Waals surface area contributed by atoms with E-state index in [9.17, 15) is 19.2 Å². The number of nitrogens with zero attached hydrogens (tertiary/aromatic N) is 1. The smallest absolute Gasteiger partial charge is 0.253 e. The third-order valence-corrected chi connectivity index (χ3v) is 5.96. The third-order valence-electron chi connectivity index (χ3n) is 5.96. The largest absolute Gasteiger partial charge is 0.379 e. The number of carbonyl (C=O) groups is 4. The number of ether oxygens (including phenoxy) is 8. The molecule has 0 aromatic carbocycles. The Morgan fingerprint density at radius 1 is 0.545 bits per heavy atom. The zero-order valence-corrected chi connectivity index (χ0v) is 26.3. The first-order chi connectivity index (χ1) is 21.5. The molecule has 14 heteroatoms. The van der Waals surface area contributed by atoms with Gasteiger partial charge < -0.3 is 43.2 Å². The van der Waals surface area contributed by atoms with Crippen LogP contribution in [0.3, 0.4) is 0 Å². The number of rotatable bonds is 33. The number of hydrogen-bond donors (Lipinski definition) is 1. The summed E-state index contributed by atoms with van der Waals surface area (Å²) in [5, 5.41) is 2.81. The van der Waals surface area contributed by atoms with Gasteiger partial charge in [0, 0.05) is 38.1 Å². The van der Waals surface area contributed by atoms with E-state index in [1.165, 1.54) is 17.1 Å². The minimum absolute atomic E-state index is 0.0428. The Hall–Kier alpha value is -2.30. The predicted molar refractivity (Wildman–Crippen MR) is 159 cm³/mol. The molecule has 1 aliphatic heterocycles. The molecule has 254 valence electrons. The van der Waals surface area contributed by atoms with Gasteiger partial charge in [0.15, 0.2) is 0 Å². The molecule has 0 aromatic heterocycles. The summed E-state index contributed by atoms with van der Waals surface area (Å²) in [5.41, 5.74) is 0. The number of hydrogen-bond acceptors (Lipinski definition) is 12. The standard InChI is InChI=1S/C30H52N2O12/c1-27(33)8-11-37-13-15-39-17-19-41-21-23-43-25-26-44-24-22-42-20-18-40-16-14-38-12-9-31-28(34)5-3-2-4-10-32-29(35)6-7-30(32)36/h6-7H,2-5,8-26H2,1H3,(H,31,34). The zero-order chi connectivity index (χ0) is 31.9. The molecule has 0 fully saturated rings. The third kappa shape index (κ3) is 25.1. The lowest BCUT2D eigenvalue weighted by molar-refractivity contribution is -0.137. The van der Waals surface area contributed by atoms with Crippen LogP contribution in [0.4, 0.5) is 0 Å². The van der Waals surface area contributed by atoms with Crippen molar-refractivity contribution in [2.45, 2.75) is 39.0 Å². The van der Waals surface area contributed by atoms with E-state index in [1.807, 2.05) is 0 Å². The second kappa shape index (κ2) is 29.4. The minimum atomic E-state index is -0.271. The van der Waals surface area contributed by atoms with Gasteiger partial charge in [-0.3, -0.25) is 24.1 Å². The number of unbranched alkanes of at least 4 members (excludes halogenated alkanes) is 2. The maximum atomic E-state index is 11.8. The first-order valence-corrected chi connectivity index (χ1v) is 15.4. The maximum Gasteiger partial charge on any atom is 0.253 e. The molecule has 0 aromatic rings. The number of imide groups is 1. The fourth-order valence-corrected chi connectivity index (χ4v) is 3.59. The van der Waals surface area contributed by atoms with Gasteiger partial charge in [-0.15, -0.1) is 0 Å². The van der Waals surface area contributed by atoms with E-state index in [2.05, 4.69) is 5.32 Å². The number of Topliss-reactive ketones (excluding diaryl/α,β-unsaturated/α-hetero) is 1. The minimum Gasteiger partial charge on any atom is -0.379 e. The lowest BCUT2D eigenvalue weighted by Crippen LogP contribution is -2.31. The Labute approximate surface area is 260 Å². The Morgan fingerprint density at radius 2 is 0.932 bits per heavy atom. The van der Waals surface area contributed by atoms with Gasteiger partial charge >= 0.3 is 0 Å². The van der Waals surface area contributed by atoms with Crippen molar-refractivity contribution in [3.8, 4) is 0 Å². The van der Waals surface area contributed by atoms with Crippen molar-refractivity contribution in [3.63, 3.8) is 0 Å². The molecular formula is C30H52N2O12. The van der Waals surface area contributed by atoms with Gasteiger partial charge in [-0.2, -0.15) is 0 Å². The van der Waals surface area contributed by atoms with E-state index in [0.29, 0.717) is 144 Å². The highest BCUT2D eigenvalue weighted by molar-refractivity contribution is 6.12. The van der Waals surface area contributed by atoms with Crippen molar-refractivity contribution in [3.05, 3.63) is 12.2 Å². The highest BCUT2D eigenvalue weighted by Crippen LogP contribution is 2.07. The normalized spacial score (nSPS) is 12.9. The quantitative estimate of drug-likeness (QED) is 0.0799. The second-order valence-corrected chi connectivity index (χ2v) is 9.67. The Kier molecular flexibility index (Phi) is 26.6. The highest BCUT2D eigenvalue weighted by Gasteiger charge is 2.22. The van der Waals surface area contributed by atoms with Crippen LogP contribution in [0, 0.1) is 0 Å². The molecule has 3 amide bonds. The van der Waals surface area contributed by atoms with E-state index in [-0.39, 0.29) is 23.5 Å². The molecule has 44 heavy (non-hydrogen) atoms. The zero-order valence-electron chi connectivity index (χ0n) is 26.3. The van der Waals surface area contributed by atoms with Gasteiger partial charge in [-0.25, -0.2) is 0 Å². The summed E-state index contributed by atoms with van der Waals surface area (Å²) in [4.78, 5) is 46.7. The van der Waals surface area contributed by atoms with Gasteiger partial charge in [-0.05, 0) is 19.8 Å². The van der Waals surface area contributed by atoms with Crippen molar-refractivity contribution in [1.29, 1.82) is 0 Å². The van der Waals surface area contributed by atoms with E-state index in [1.54, 1.807) is 6.92 Å². The molecule has 0 spiro atoms. The average molecular weight is 633 g/mol. The van der Waals surface area contributed by atoms with E-state index in [0.717, 1.165) is 6.42 Å². The Balaban J connectivity index is 1.67.